The predicted octanol–water partition coefficient (Wildman–Crippen LogP) is 4.61. The number of fused-ring (bicyclic) bond motifs is 1. The molecule has 1 aromatic carbocycles. The molecule has 6 nitrogen and oxygen atoms in total. The lowest BCUT2D eigenvalue weighted by Crippen LogP contribution is -2.37. The molecule has 32 heavy (non-hydrogen) atoms. The minimum Gasteiger partial charge on any atom is -0.361 e. The highest BCUT2D eigenvalue weighted by molar-refractivity contribution is 14.0. The zero-order valence-electron chi connectivity index (χ0n) is 18.5. The van der Waals surface area contributed by atoms with Crippen LogP contribution in [0.25, 0.3) is 10.9 Å². The molecule has 0 amide bonds. The second kappa shape index (κ2) is 12.0. The predicted molar refractivity (Wildman–Crippen MR) is 140 cm³/mol. The van der Waals surface area contributed by atoms with Gasteiger partial charge in [0.15, 0.2) is 5.96 Å². The number of aliphatic imine (C=N–C) groups is 1. The molecular formula is C24H32FIN6. The van der Waals surface area contributed by atoms with Gasteiger partial charge in [-0.15, -0.1) is 24.0 Å². The molecule has 1 fully saturated rings. The van der Waals surface area contributed by atoms with Crippen molar-refractivity contribution in [3.63, 3.8) is 0 Å². The third-order valence-electron chi connectivity index (χ3n) is 5.84. The summed E-state index contributed by atoms with van der Waals surface area (Å²) >= 11 is 0. The molecule has 8 heteroatoms. The highest BCUT2D eigenvalue weighted by atomic mass is 127. The molecule has 1 aliphatic heterocycles. The minimum atomic E-state index is -0.223. The van der Waals surface area contributed by atoms with Gasteiger partial charge in [0.25, 0.3) is 0 Å². The van der Waals surface area contributed by atoms with Crippen LogP contribution >= 0.6 is 24.0 Å². The molecule has 3 N–H and O–H groups in total. The summed E-state index contributed by atoms with van der Waals surface area (Å²) in [7, 11) is 1.78. The van der Waals surface area contributed by atoms with Crippen molar-refractivity contribution in [2.75, 3.05) is 31.6 Å². The molecule has 0 saturated carbocycles. The lowest BCUT2D eigenvalue weighted by Gasteiger charge is -2.22. The number of hydrogen-bond acceptors (Lipinski definition) is 3. The zero-order chi connectivity index (χ0) is 21.5. The lowest BCUT2D eigenvalue weighted by atomic mass is 10.1. The van der Waals surface area contributed by atoms with Gasteiger partial charge >= 0.3 is 0 Å². The van der Waals surface area contributed by atoms with Crippen LogP contribution in [0.1, 0.15) is 36.8 Å². The number of guanidine groups is 1. The number of halogens is 2. The molecule has 0 bridgehead atoms. The molecule has 0 radical (unpaired) electrons. The van der Waals surface area contributed by atoms with E-state index in [0.717, 1.165) is 54.3 Å². The standard InChI is InChI=1S/C24H31FN6.HI/c1-26-24(28-11-9-19-17-29-22-15-20(25)6-7-21(19)22)30-16-18-8-10-27-23(14-18)31-12-4-2-3-5-13-31;/h6-8,10,14-15,17,29H,2-5,9,11-13,16H2,1H3,(H2,26,28,30);1H. The van der Waals surface area contributed by atoms with Crippen LogP contribution in [0.3, 0.4) is 0 Å². The molecule has 0 aliphatic carbocycles. The van der Waals surface area contributed by atoms with Crippen molar-refractivity contribution in [3.8, 4) is 0 Å². The molecule has 2 aromatic heterocycles. The van der Waals surface area contributed by atoms with Crippen molar-refractivity contribution < 1.29 is 4.39 Å². The van der Waals surface area contributed by atoms with E-state index in [4.69, 9.17) is 0 Å². The Kier molecular flexibility index (Phi) is 9.13. The molecule has 1 saturated heterocycles. The molecule has 0 atom stereocenters. The Morgan fingerprint density at radius 3 is 2.72 bits per heavy atom. The number of hydrogen-bond donors (Lipinski definition) is 3. The summed E-state index contributed by atoms with van der Waals surface area (Å²) in [5.74, 6) is 1.61. The van der Waals surface area contributed by atoms with Crippen LogP contribution in [0.2, 0.25) is 0 Å². The van der Waals surface area contributed by atoms with Gasteiger partial charge in [-0.2, -0.15) is 0 Å². The van der Waals surface area contributed by atoms with Crippen LogP contribution in [-0.4, -0.2) is 42.6 Å². The first-order valence-corrected chi connectivity index (χ1v) is 11.1. The van der Waals surface area contributed by atoms with Crippen LogP contribution in [0.15, 0.2) is 47.7 Å². The van der Waals surface area contributed by atoms with E-state index >= 15 is 0 Å². The molecule has 3 heterocycles. The average molecular weight is 550 g/mol. The van der Waals surface area contributed by atoms with E-state index in [9.17, 15) is 4.39 Å². The van der Waals surface area contributed by atoms with E-state index in [1.54, 1.807) is 7.05 Å². The highest BCUT2D eigenvalue weighted by Gasteiger charge is 2.11. The summed E-state index contributed by atoms with van der Waals surface area (Å²) in [4.78, 5) is 14.5. The van der Waals surface area contributed by atoms with E-state index in [-0.39, 0.29) is 29.8 Å². The fourth-order valence-electron chi connectivity index (χ4n) is 4.13. The maximum atomic E-state index is 13.4. The molecular weight excluding hydrogens is 518 g/mol. The Morgan fingerprint density at radius 2 is 1.94 bits per heavy atom. The maximum absolute atomic E-state index is 13.4. The summed E-state index contributed by atoms with van der Waals surface area (Å²) in [6.45, 7) is 3.61. The monoisotopic (exact) mass is 550 g/mol. The van der Waals surface area contributed by atoms with Gasteiger partial charge in [-0.05, 0) is 60.7 Å². The zero-order valence-corrected chi connectivity index (χ0v) is 20.9. The Balaban J connectivity index is 0.00000289. The number of nitrogens with zero attached hydrogens (tertiary/aromatic N) is 3. The van der Waals surface area contributed by atoms with E-state index in [1.165, 1.54) is 43.4 Å². The second-order valence-corrected chi connectivity index (χ2v) is 8.03. The number of nitrogens with one attached hydrogen (secondary N) is 3. The summed E-state index contributed by atoms with van der Waals surface area (Å²) in [5.41, 5.74) is 3.18. The smallest absolute Gasteiger partial charge is 0.191 e. The van der Waals surface area contributed by atoms with Gasteiger partial charge < -0.3 is 20.5 Å². The topological polar surface area (TPSA) is 68.3 Å². The summed E-state index contributed by atoms with van der Waals surface area (Å²) < 4.78 is 13.4. The van der Waals surface area contributed by atoms with Crippen molar-refractivity contribution >= 4 is 46.7 Å². The van der Waals surface area contributed by atoms with Crippen LogP contribution in [0.4, 0.5) is 10.2 Å². The van der Waals surface area contributed by atoms with Gasteiger partial charge in [-0.25, -0.2) is 9.37 Å². The first-order valence-electron chi connectivity index (χ1n) is 11.1. The SMILES string of the molecule is CN=C(NCCc1c[nH]c2cc(F)ccc12)NCc1ccnc(N2CCCCCC2)c1.I. The van der Waals surface area contributed by atoms with Gasteiger partial charge in [0.1, 0.15) is 11.6 Å². The van der Waals surface area contributed by atoms with Gasteiger partial charge in [0.2, 0.25) is 0 Å². The van der Waals surface area contributed by atoms with Crippen LogP contribution in [0, 0.1) is 5.82 Å². The Labute approximate surface area is 206 Å². The fourth-order valence-corrected chi connectivity index (χ4v) is 4.13. The number of pyridine rings is 1. The van der Waals surface area contributed by atoms with E-state index in [1.807, 2.05) is 24.5 Å². The second-order valence-electron chi connectivity index (χ2n) is 8.03. The van der Waals surface area contributed by atoms with Crippen molar-refractivity contribution in [1.29, 1.82) is 0 Å². The van der Waals surface area contributed by atoms with Crippen LogP contribution in [-0.2, 0) is 13.0 Å². The molecule has 0 spiro atoms. The third kappa shape index (κ3) is 6.34. The van der Waals surface area contributed by atoms with Crippen LogP contribution < -0.4 is 15.5 Å². The molecule has 0 unspecified atom stereocenters. The minimum absolute atomic E-state index is 0. The van der Waals surface area contributed by atoms with E-state index in [2.05, 4.69) is 36.6 Å². The number of rotatable bonds is 6. The van der Waals surface area contributed by atoms with Crippen LogP contribution in [0.5, 0.6) is 0 Å². The Hall–Kier alpha value is -2.36. The summed E-state index contributed by atoms with van der Waals surface area (Å²) in [5, 5.41) is 7.81. The normalized spacial score (nSPS) is 14.7. The number of aromatic amines is 1. The average Bonchev–Trinajstić information content (AvgIpc) is 2.99. The van der Waals surface area contributed by atoms with Gasteiger partial charge in [0, 0.05) is 56.5 Å². The number of H-pyrrole nitrogens is 1. The molecule has 3 aromatic rings. The number of anilines is 1. The first kappa shape index (κ1) is 24.3. The van der Waals surface area contributed by atoms with Gasteiger partial charge in [-0.1, -0.05) is 12.8 Å². The quantitative estimate of drug-likeness (QED) is 0.238. The maximum Gasteiger partial charge on any atom is 0.191 e. The van der Waals surface area contributed by atoms with Crippen molar-refractivity contribution in [1.82, 2.24) is 20.6 Å². The number of aromatic nitrogens is 2. The van der Waals surface area contributed by atoms with Gasteiger partial charge in [0.05, 0.1) is 0 Å². The van der Waals surface area contributed by atoms with Crippen molar-refractivity contribution in [2.45, 2.75) is 38.6 Å². The highest BCUT2D eigenvalue weighted by Crippen LogP contribution is 2.20. The van der Waals surface area contributed by atoms with Crippen molar-refractivity contribution in [2.24, 2.45) is 4.99 Å². The summed E-state index contributed by atoms with van der Waals surface area (Å²) in [6, 6.07) is 9.09. The number of benzene rings is 1. The van der Waals surface area contributed by atoms with E-state index < -0.39 is 0 Å². The first-order chi connectivity index (χ1) is 15.2. The Morgan fingerprint density at radius 1 is 1.12 bits per heavy atom. The largest absolute Gasteiger partial charge is 0.361 e. The molecule has 1 aliphatic rings. The summed E-state index contributed by atoms with van der Waals surface area (Å²) in [6.07, 6.45) is 9.78. The molecule has 172 valence electrons. The van der Waals surface area contributed by atoms with Gasteiger partial charge in [-0.3, -0.25) is 4.99 Å². The van der Waals surface area contributed by atoms with E-state index in [0.29, 0.717) is 6.54 Å². The lowest BCUT2D eigenvalue weighted by molar-refractivity contribution is 0.629. The molecule has 4 rings (SSSR count). The fraction of sp³-hybridized carbons (Fsp3) is 0.417. The Bertz CT molecular complexity index is 1030. The third-order valence-corrected chi connectivity index (χ3v) is 5.84. The van der Waals surface area contributed by atoms with Crippen molar-refractivity contribution in [3.05, 3.63) is 59.7 Å².